The molecule has 0 spiro atoms. The minimum atomic E-state index is 0. The molecule has 3 rings (SSSR count). The Morgan fingerprint density at radius 1 is 1.43 bits per heavy atom. The van der Waals surface area contributed by atoms with Gasteiger partial charge in [-0.25, -0.2) is 4.99 Å². The third-order valence-corrected chi connectivity index (χ3v) is 3.72. The van der Waals surface area contributed by atoms with Crippen LogP contribution in [0.1, 0.15) is 37.9 Å². The van der Waals surface area contributed by atoms with Crippen LogP contribution in [0.2, 0.25) is 0 Å². The molecule has 0 saturated carbocycles. The fraction of sp³-hybridized carbons (Fsp3) is 0.769. The highest BCUT2D eigenvalue weighted by molar-refractivity contribution is 14.0. The van der Waals surface area contributed by atoms with Crippen molar-refractivity contribution in [2.24, 2.45) is 4.99 Å². The lowest BCUT2D eigenvalue weighted by Crippen LogP contribution is -2.47. The topological polar surface area (TPSA) is 84.6 Å². The third-order valence-electron chi connectivity index (χ3n) is 3.72. The molecular weight excluding hydrogens is 385 g/mol. The number of halogens is 1. The van der Waals surface area contributed by atoms with Crippen molar-refractivity contribution in [3.05, 3.63) is 11.7 Å². The van der Waals surface area contributed by atoms with E-state index in [1.54, 1.807) is 6.92 Å². The van der Waals surface area contributed by atoms with Gasteiger partial charge < -0.3 is 19.9 Å². The van der Waals surface area contributed by atoms with Crippen LogP contribution in [-0.2, 0) is 11.3 Å². The van der Waals surface area contributed by atoms with Crippen molar-refractivity contribution in [1.29, 1.82) is 0 Å². The average molecular weight is 407 g/mol. The van der Waals surface area contributed by atoms with Crippen LogP contribution in [0.4, 0.5) is 0 Å². The maximum absolute atomic E-state index is 5.85. The number of guanidine groups is 1. The van der Waals surface area contributed by atoms with Gasteiger partial charge in [0, 0.05) is 13.5 Å². The SMILES string of the molecule is CCNC(=NCc1noc(C)n1)NC1CC2CCC1O2.I. The number of nitrogens with zero attached hydrogens (tertiary/aromatic N) is 3. The summed E-state index contributed by atoms with van der Waals surface area (Å²) in [6.07, 6.45) is 4.16. The highest BCUT2D eigenvalue weighted by Gasteiger charge is 2.41. The van der Waals surface area contributed by atoms with Gasteiger partial charge in [0.15, 0.2) is 11.8 Å². The first-order chi connectivity index (χ1) is 9.74. The normalized spacial score (nSPS) is 27.5. The smallest absolute Gasteiger partial charge is 0.223 e. The molecule has 3 unspecified atom stereocenters. The molecule has 8 heteroatoms. The van der Waals surface area contributed by atoms with E-state index in [0.717, 1.165) is 25.3 Å². The van der Waals surface area contributed by atoms with Gasteiger partial charge in [0.2, 0.25) is 5.89 Å². The molecule has 3 heterocycles. The Kier molecular flexibility index (Phi) is 5.80. The number of nitrogens with one attached hydrogen (secondary N) is 2. The van der Waals surface area contributed by atoms with Crippen molar-refractivity contribution in [3.8, 4) is 0 Å². The first-order valence-electron chi connectivity index (χ1n) is 7.24. The maximum Gasteiger partial charge on any atom is 0.223 e. The van der Waals surface area contributed by atoms with Crippen molar-refractivity contribution in [2.75, 3.05) is 6.54 Å². The lowest BCUT2D eigenvalue weighted by Gasteiger charge is -2.22. The third kappa shape index (κ3) is 4.06. The summed E-state index contributed by atoms with van der Waals surface area (Å²) in [6.45, 7) is 5.05. The van der Waals surface area contributed by atoms with E-state index in [1.165, 1.54) is 6.42 Å². The van der Waals surface area contributed by atoms with Crippen LogP contribution in [0, 0.1) is 6.92 Å². The maximum atomic E-state index is 5.85. The molecule has 0 aliphatic carbocycles. The van der Waals surface area contributed by atoms with Gasteiger partial charge in [0.25, 0.3) is 0 Å². The van der Waals surface area contributed by atoms with Gasteiger partial charge in [0.1, 0.15) is 6.54 Å². The van der Waals surface area contributed by atoms with E-state index in [4.69, 9.17) is 9.26 Å². The van der Waals surface area contributed by atoms with Crippen molar-refractivity contribution in [3.63, 3.8) is 0 Å². The van der Waals surface area contributed by atoms with E-state index < -0.39 is 0 Å². The van der Waals surface area contributed by atoms with E-state index in [0.29, 0.717) is 36.5 Å². The van der Waals surface area contributed by atoms with Gasteiger partial charge >= 0.3 is 0 Å². The number of aliphatic imine (C=N–C) groups is 1. The standard InChI is InChI=1S/C13H21N5O2.HI/c1-3-14-13(15-7-12-16-8(2)20-18-12)17-10-6-9-4-5-11(10)19-9;/h9-11H,3-7H2,1-2H3,(H2,14,15,17);1H. The molecule has 2 aliphatic rings. The zero-order chi connectivity index (χ0) is 13.9. The van der Waals surface area contributed by atoms with Crippen molar-refractivity contribution < 1.29 is 9.26 Å². The summed E-state index contributed by atoms with van der Waals surface area (Å²) in [6, 6.07) is 0.360. The predicted molar refractivity (Wildman–Crippen MR) is 88.7 cm³/mol. The zero-order valence-electron chi connectivity index (χ0n) is 12.3. The fourth-order valence-electron chi connectivity index (χ4n) is 2.84. The number of aryl methyl sites for hydroxylation is 1. The summed E-state index contributed by atoms with van der Waals surface area (Å²) < 4.78 is 10.8. The van der Waals surface area contributed by atoms with Crippen molar-refractivity contribution in [1.82, 2.24) is 20.8 Å². The van der Waals surface area contributed by atoms with Crippen LogP contribution in [0.15, 0.2) is 9.52 Å². The monoisotopic (exact) mass is 407 g/mol. The van der Waals surface area contributed by atoms with Gasteiger partial charge in [-0.2, -0.15) is 4.98 Å². The molecule has 2 aliphatic heterocycles. The summed E-state index contributed by atoms with van der Waals surface area (Å²) in [4.78, 5) is 8.65. The Hall–Kier alpha value is -0.900. The quantitative estimate of drug-likeness (QED) is 0.446. The molecule has 0 amide bonds. The van der Waals surface area contributed by atoms with Gasteiger partial charge in [-0.05, 0) is 26.2 Å². The largest absolute Gasteiger partial charge is 0.373 e. The molecule has 3 atom stereocenters. The average Bonchev–Trinajstić information content (AvgIpc) is 3.13. The second-order valence-corrected chi connectivity index (χ2v) is 5.29. The van der Waals surface area contributed by atoms with Crippen LogP contribution >= 0.6 is 24.0 Å². The zero-order valence-corrected chi connectivity index (χ0v) is 14.7. The minimum absolute atomic E-state index is 0. The van der Waals surface area contributed by atoms with Crippen LogP contribution in [0.5, 0.6) is 0 Å². The van der Waals surface area contributed by atoms with Gasteiger partial charge in [-0.1, -0.05) is 5.16 Å². The molecule has 2 saturated heterocycles. The second-order valence-electron chi connectivity index (χ2n) is 5.29. The molecule has 0 radical (unpaired) electrons. The summed E-state index contributed by atoms with van der Waals surface area (Å²) in [5.74, 6) is 1.95. The molecule has 1 aromatic heterocycles. The van der Waals surface area contributed by atoms with Crippen LogP contribution in [-0.4, -0.2) is 40.9 Å². The first kappa shape index (κ1) is 16.5. The van der Waals surface area contributed by atoms with Gasteiger partial charge in [-0.15, -0.1) is 24.0 Å². The Morgan fingerprint density at radius 3 is 2.86 bits per heavy atom. The number of aromatic nitrogens is 2. The van der Waals surface area contributed by atoms with E-state index >= 15 is 0 Å². The number of hydrogen-bond donors (Lipinski definition) is 2. The lowest BCUT2D eigenvalue weighted by molar-refractivity contribution is 0.0992. The fourth-order valence-corrected chi connectivity index (χ4v) is 2.84. The molecule has 1 aromatic rings. The summed E-state index contributed by atoms with van der Waals surface area (Å²) in [5.41, 5.74) is 0. The number of rotatable bonds is 4. The van der Waals surface area contributed by atoms with Crippen LogP contribution in [0.25, 0.3) is 0 Å². The van der Waals surface area contributed by atoms with Gasteiger partial charge in [-0.3, -0.25) is 0 Å². The molecule has 2 fully saturated rings. The molecule has 118 valence electrons. The number of ether oxygens (including phenoxy) is 1. The highest BCUT2D eigenvalue weighted by Crippen LogP contribution is 2.34. The highest BCUT2D eigenvalue weighted by atomic mass is 127. The minimum Gasteiger partial charge on any atom is -0.373 e. The predicted octanol–water partition coefficient (Wildman–Crippen LogP) is 1.37. The Labute approximate surface area is 141 Å². The van der Waals surface area contributed by atoms with Crippen molar-refractivity contribution in [2.45, 2.75) is 57.9 Å². The number of hydrogen-bond acceptors (Lipinski definition) is 5. The Morgan fingerprint density at radius 2 is 2.29 bits per heavy atom. The number of fused-ring (bicyclic) bond motifs is 2. The molecule has 7 nitrogen and oxygen atoms in total. The van der Waals surface area contributed by atoms with E-state index in [1.807, 2.05) is 6.92 Å². The second kappa shape index (κ2) is 7.39. The van der Waals surface area contributed by atoms with E-state index in [9.17, 15) is 0 Å². The lowest BCUT2D eigenvalue weighted by atomic mass is 9.96. The summed E-state index contributed by atoms with van der Waals surface area (Å²) >= 11 is 0. The first-order valence-corrected chi connectivity index (χ1v) is 7.24. The van der Waals surface area contributed by atoms with Crippen LogP contribution < -0.4 is 10.6 Å². The Balaban J connectivity index is 0.00000161. The summed E-state index contributed by atoms with van der Waals surface area (Å²) in [5, 5.41) is 10.5. The van der Waals surface area contributed by atoms with E-state index in [2.05, 4.69) is 25.8 Å². The molecule has 2 bridgehead atoms. The van der Waals surface area contributed by atoms with Crippen LogP contribution in [0.3, 0.4) is 0 Å². The van der Waals surface area contributed by atoms with Gasteiger partial charge in [0.05, 0.1) is 18.2 Å². The van der Waals surface area contributed by atoms with Crippen molar-refractivity contribution >= 4 is 29.9 Å². The molecular formula is C13H22IN5O2. The molecule has 0 aromatic carbocycles. The molecule has 2 N–H and O–H groups in total. The molecule has 21 heavy (non-hydrogen) atoms. The van der Waals surface area contributed by atoms with E-state index in [-0.39, 0.29) is 24.0 Å². The Bertz CT molecular complexity index is 493. The summed E-state index contributed by atoms with van der Waals surface area (Å²) in [7, 11) is 0.